The normalized spacial score (nSPS) is 22.3. The Hall–Kier alpha value is -1.99. The number of rotatable bonds is 8. The van der Waals surface area contributed by atoms with Crippen molar-refractivity contribution in [2.45, 2.75) is 36.9 Å². The van der Waals surface area contributed by atoms with E-state index in [-0.39, 0.29) is 23.9 Å². The van der Waals surface area contributed by atoms with E-state index in [0.717, 1.165) is 11.1 Å². The third-order valence-electron chi connectivity index (χ3n) is 5.74. The molecule has 1 aliphatic rings. The number of aryl methyl sites for hydroxylation is 2. The first-order valence-corrected chi connectivity index (χ1v) is 11.4. The molecule has 156 valence electrons. The standard InChI is InChI=1S/C23H29NO4S/c1-3-20(22(25)14-11-18-7-5-4-6-8-18)21-15-24(16-23(21)26)29(27,28)19-12-9-17(2)10-13-19/h3-10,12-13,20-23,25-26H,1,11,14-16H2,2H3/t20-,21-,22-,23-/m1/s1. The molecule has 0 aromatic heterocycles. The average molecular weight is 416 g/mol. The van der Waals surface area contributed by atoms with E-state index in [4.69, 9.17) is 0 Å². The quantitative estimate of drug-likeness (QED) is 0.650. The van der Waals surface area contributed by atoms with Crippen LogP contribution in [0.2, 0.25) is 0 Å². The van der Waals surface area contributed by atoms with Crippen LogP contribution in [-0.4, -0.2) is 48.2 Å². The summed E-state index contributed by atoms with van der Waals surface area (Å²) in [5, 5.41) is 21.3. The SMILES string of the molecule is C=C[C@H]([C@H]1CN(S(=O)(=O)c2ccc(C)cc2)C[C@H]1O)[C@H](O)CCc1ccccc1. The summed E-state index contributed by atoms with van der Waals surface area (Å²) in [6, 6.07) is 16.6. The van der Waals surface area contributed by atoms with E-state index in [1.165, 1.54) is 4.31 Å². The van der Waals surface area contributed by atoms with Crippen molar-refractivity contribution in [3.05, 3.63) is 78.4 Å². The predicted molar refractivity (Wildman–Crippen MR) is 114 cm³/mol. The molecular formula is C23H29NO4S. The van der Waals surface area contributed by atoms with Crippen molar-refractivity contribution >= 4 is 10.0 Å². The van der Waals surface area contributed by atoms with Crippen molar-refractivity contribution in [3.8, 4) is 0 Å². The molecule has 3 rings (SSSR count). The van der Waals surface area contributed by atoms with Crippen LogP contribution in [0, 0.1) is 18.8 Å². The fourth-order valence-corrected chi connectivity index (χ4v) is 5.47. The van der Waals surface area contributed by atoms with Crippen LogP contribution in [0.4, 0.5) is 0 Å². The van der Waals surface area contributed by atoms with Crippen LogP contribution in [0.3, 0.4) is 0 Å². The second kappa shape index (κ2) is 9.22. The number of sulfonamides is 1. The van der Waals surface area contributed by atoms with Crippen LogP contribution in [0.1, 0.15) is 17.5 Å². The number of aliphatic hydroxyl groups is 2. The lowest BCUT2D eigenvalue weighted by Crippen LogP contribution is -2.34. The van der Waals surface area contributed by atoms with Gasteiger partial charge in [0.1, 0.15) is 0 Å². The molecule has 1 fully saturated rings. The van der Waals surface area contributed by atoms with Gasteiger partial charge in [0.15, 0.2) is 0 Å². The molecule has 0 radical (unpaired) electrons. The van der Waals surface area contributed by atoms with Crippen LogP contribution < -0.4 is 0 Å². The van der Waals surface area contributed by atoms with E-state index < -0.39 is 28.1 Å². The Labute approximate surface area is 173 Å². The van der Waals surface area contributed by atoms with Gasteiger partial charge in [0.2, 0.25) is 10.0 Å². The highest BCUT2D eigenvalue weighted by Crippen LogP contribution is 2.32. The van der Waals surface area contributed by atoms with Gasteiger partial charge in [0, 0.05) is 24.9 Å². The lowest BCUT2D eigenvalue weighted by Gasteiger charge is -2.27. The Morgan fingerprint density at radius 2 is 1.79 bits per heavy atom. The fraction of sp³-hybridized carbons (Fsp3) is 0.391. The number of β-amino-alcohol motifs (C(OH)–C–C–N with tert-alkyl or cyclic N) is 1. The number of hydrogen-bond acceptors (Lipinski definition) is 4. The molecule has 1 saturated heterocycles. The molecule has 0 amide bonds. The molecule has 6 heteroatoms. The highest BCUT2D eigenvalue weighted by atomic mass is 32.2. The third-order valence-corrected chi connectivity index (χ3v) is 7.59. The maximum Gasteiger partial charge on any atom is 0.243 e. The molecule has 0 unspecified atom stereocenters. The minimum atomic E-state index is -3.69. The fourth-order valence-electron chi connectivity index (χ4n) is 3.98. The van der Waals surface area contributed by atoms with Crippen molar-refractivity contribution in [1.29, 1.82) is 0 Å². The predicted octanol–water partition coefficient (Wildman–Crippen LogP) is 2.77. The number of nitrogens with zero attached hydrogens (tertiary/aromatic N) is 1. The van der Waals surface area contributed by atoms with Gasteiger partial charge >= 0.3 is 0 Å². The van der Waals surface area contributed by atoms with Gasteiger partial charge in [0.25, 0.3) is 0 Å². The molecule has 0 bridgehead atoms. The van der Waals surface area contributed by atoms with Crippen molar-refractivity contribution < 1.29 is 18.6 Å². The van der Waals surface area contributed by atoms with Crippen molar-refractivity contribution in [1.82, 2.24) is 4.31 Å². The Morgan fingerprint density at radius 3 is 2.41 bits per heavy atom. The molecule has 0 spiro atoms. The molecule has 5 nitrogen and oxygen atoms in total. The summed E-state index contributed by atoms with van der Waals surface area (Å²) in [5.41, 5.74) is 2.11. The van der Waals surface area contributed by atoms with Gasteiger partial charge in [-0.05, 0) is 37.5 Å². The Kier molecular flexibility index (Phi) is 6.90. The molecule has 2 aromatic carbocycles. The smallest absolute Gasteiger partial charge is 0.243 e. The van der Waals surface area contributed by atoms with Gasteiger partial charge in [-0.3, -0.25) is 0 Å². The van der Waals surface area contributed by atoms with Gasteiger partial charge in [-0.15, -0.1) is 6.58 Å². The zero-order chi connectivity index (χ0) is 21.0. The Bertz CT molecular complexity index is 912. The molecule has 2 aromatic rings. The topological polar surface area (TPSA) is 77.8 Å². The first-order chi connectivity index (χ1) is 13.8. The van der Waals surface area contributed by atoms with Crippen LogP contribution in [-0.2, 0) is 16.4 Å². The zero-order valence-corrected chi connectivity index (χ0v) is 17.5. The lowest BCUT2D eigenvalue weighted by molar-refractivity contribution is 0.0484. The van der Waals surface area contributed by atoms with E-state index in [2.05, 4.69) is 6.58 Å². The largest absolute Gasteiger partial charge is 0.392 e. The number of benzene rings is 2. The number of aliphatic hydroxyl groups excluding tert-OH is 2. The van der Waals surface area contributed by atoms with E-state index in [1.54, 1.807) is 30.3 Å². The monoisotopic (exact) mass is 415 g/mol. The first-order valence-electron chi connectivity index (χ1n) is 9.92. The molecule has 4 atom stereocenters. The lowest BCUT2D eigenvalue weighted by atomic mass is 9.83. The molecule has 1 aliphatic heterocycles. The minimum Gasteiger partial charge on any atom is -0.392 e. The summed E-state index contributed by atoms with van der Waals surface area (Å²) in [6.45, 7) is 5.92. The summed E-state index contributed by atoms with van der Waals surface area (Å²) in [4.78, 5) is 0.218. The summed E-state index contributed by atoms with van der Waals surface area (Å²) in [7, 11) is -3.69. The van der Waals surface area contributed by atoms with E-state index in [9.17, 15) is 18.6 Å². The molecule has 2 N–H and O–H groups in total. The van der Waals surface area contributed by atoms with Crippen molar-refractivity contribution in [3.63, 3.8) is 0 Å². The third kappa shape index (κ3) is 4.95. The summed E-state index contributed by atoms with van der Waals surface area (Å²) >= 11 is 0. The summed E-state index contributed by atoms with van der Waals surface area (Å²) < 4.78 is 27.2. The van der Waals surface area contributed by atoms with Gasteiger partial charge in [-0.25, -0.2) is 8.42 Å². The highest BCUT2D eigenvalue weighted by molar-refractivity contribution is 7.89. The maximum absolute atomic E-state index is 13.0. The first kappa shape index (κ1) is 21.7. The van der Waals surface area contributed by atoms with Crippen LogP contribution in [0.15, 0.2) is 72.1 Å². The minimum absolute atomic E-state index is 0.0244. The molecular weight excluding hydrogens is 386 g/mol. The average Bonchev–Trinajstić information content (AvgIpc) is 3.10. The Balaban J connectivity index is 1.69. The molecule has 1 heterocycles. The van der Waals surface area contributed by atoms with Gasteiger partial charge < -0.3 is 10.2 Å². The highest BCUT2D eigenvalue weighted by Gasteiger charge is 2.43. The maximum atomic E-state index is 13.0. The second-order valence-electron chi connectivity index (χ2n) is 7.77. The van der Waals surface area contributed by atoms with Gasteiger partial charge in [-0.2, -0.15) is 4.31 Å². The second-order valence-corrected chi connectivity index (χ2v) is 9.71. The van der Waals surface area contributed by atoms with E-state index in [1.807, 2.05) is 37.3 Å². The van der Waals surface area contributed by atoms with Crippen LogP contribution in [0.25, 0.3) is 0 Å². The van der Waals surface area contributed by atoms with E-state index in [0.29, 0.717) is 12.8 Å². The van der Waals surface area contributed by atoms with Gasteiger partial charge in [0.05, 0.1) is 17.1 Å². The number of hydrogen-bond donors (Lipinski definition) is 2. The molecule has 0 aliphatic carbocycles. The van der Waals surface area contributed by atoms with E-state index >= 15 is 0 Å². The summed E-state index contributed by atoms with van der Waals surface area (Å²) in [6.07, 6.45) is 1.33. The van der Waals surface area contributed by atoms with Crippen LogP contribution >= 0.6 is 0 Å². The molecule has 0 saturated carbocycles. The zero-order valence-electron chi connectivity index (χ0n) is 16.7. The van der Waals surface area contributed by atoms with Gasteiger partial charge in [-0.1, -0.05) is 54.1 Å². The Morgan fingerprint density at radius 1 is 1.14 bits per heavy atom. The summed E-state index contributed by atoms with van der Waals surface area (Å²) in [5.74, 6) is -0.773. The van der Waals surface area contributed by atoms with Crippen LogP contribution in [0.5, 0.6) is 0 Å². The van der Waals surface area contributed by atoms with Crippen molar-refractivity contribution in [2.24, 2.45) is 11.8 Å². The van der Waals surface area contributed by atoms with Crippen molar-refractivity contribution in [2.75, 3.05) is 13.1 Å². The molecule has 29 heavy (non-hydrogen) atoms.